The number of anilines is 1. The molecule has 4 nitrogen and oxygen atoms in total. The molecule has 0 aliphatic heterocycles. The van der Waals surface area contributed by atoms with Crippen molar-refractivity contribution in [1.82, 2.24) is 4.98 Å². The predicted molar refractivity (Wildman–Crippen MR) is 73.1 cm³/mol. The molecule has 0 fully saturated rings. The number of nitrogens with zero attached hydrogens (tertiary/aromatic N) is 2. The van der Waals surface area contributed by atoms with Crippen LogP contribution in [0.2, 0.25) is 5.15 Å². The average Bonchev–Trinajstić information content (AvgIpc) is 2.41. The Morgan fingerprint density at radius 3 is 2.84 bits per heavy atom. The van der Waals surface area contributed by atoms with E-state index in [2.05, 4.69) is 10.3 Å². The zero-order valence-electron chi connectivity index (χ0n) is 10.1. The predicted octanol–water partition coefficient (Wildman–Crippen LogP) is 3.17. The number of aryl methyl sites for hydroxylation is 1. The lowest BCUT2D eigenvalue weighted by Crippen LogP contribution is -2.14. The van der Waals surface area contributed by atoms with Crippen LogP contribution < -0.4 is 5.32 Å². The molecule has 0 saturated carbocycles. The maximum Gasteiger partial charge on any atom is 0.274 e. The summed E-state index contributed by atoms with van der Waals surface area (Å²) in [4.78, 5) is 15.9. The number of amides is 1. The minimum absolute atomic E-state index is 0.231. The molecule has 5 heteroatoms. The summed E-state index contributed by atoms with van der Waals surface area (Å²) in [5.41, 5.74) is 2.18. The van der Waals surface area contributed by atoms with Gasteiger partial charge in [-0.05, 0) is 36.8 Å². The number of nitrogens with one attached hydrogen (secondary N) is 1. The van der Waals surface area contributed by atoms with Crippen LogP contribution in [-0.2, 0) is 0 Å². The minimum atomic E-state index is -0.360. The molecule has 0 spiro atoms. The molecular weight excluding hydrogens is 262 g/mol. The molecule has 2 rings (SSSR count). The van der Waals surface area contributed by atoms with Crippen LogP contribution in [-0.4, -0.2) is 10.9 Å². The van der Waals surface area contributed by atoms with Crippen molar-refractivity contribution < 1.29 is 4.79 Å². The fraction of sp³-hybridized carbons (Fsp3) is 0.0714. The van der Waals surface area contributed by atoms with Crippen molar-refractivity contribution in [2.75, 3.05) is 5.32 Å². The Morgan fingerprint density at radius 2 is 2.16 bits per heavy atom. The third-order valence-electron chi connectivity index (χ3n) is 2.56. The van der Waals surface area contributed by atoms with E-state index in [1.54, 1.807) is 36.4 Å². The molecule has 0 aliphatic rings. The highest BCUT2D eigenvalue weighted by Gasteiger charge is 2.10. The third-order valence-corrected chi connectivity index (χ3v) is 2.77. The lowest BCUT2D eigenvalue weighted by Gasteiger charge is -2.08. The van der Waals surface area contributed by atoms with Crippen LogP contribution in [0.3, 0.4) is 0 Å². The van der Waals surface area contributed by atoms with Gasteiger partial charge in [-0.2, -0.15) is 5.26 Å². The number of nitriles is 1. The van der Waals surface area contributed by atoms with Gasteiger partial charge in [0.25, 0.3) is 5.91 Å². The van der Waals surface area contributed by atoms with Crippen LogP contribution in [0.25, 0.3) is 0 Å². The number of rotatable bonds is 2. The number of carbonyl (C=O) groups is 1. The summed E-state index contributed by atoms with van der Waals surface area (Å²) in [5, 5.41) is 11.8. The fourth-order valence-electron chi connectivity index (χ4n) is 1.55. The first kappa shape index (κ1) is 13.1. The first-order valence-electron chi connectivity index (χ1n) is 5.55. The number of carbonyl (C=O) groups excluding carboxylic acids is 1. The van der Waals surface area contributed by atoms with Crippen LogP contribution in [0.4, 0.5) is 5.69 Å². The van der Waals surface area contributed by atoms with Crippen molar-refractivity contribution >= 4 is 23.2 Å². The Hall–Kier alpha value is -2.38. The second-order valence-electron chi connectivity index (χ2n) is 3.94. The zero-order chi connectivity index (χ0) is 13.8. The molecule has 0 radical (unpaired) electrons. The van der Waals surface area contributed by atoms with Crippen LogP contribution in [0.1, 0.15) is 21.6 Å². The van der Waals surface area contributed by atoms with E-state index in [-0.39, 0.29) is 16.8 Å². The number of halogens is 1. The van der Waals surface area contributed by atoms with Crippen molar-refractivity contribution in [3.8, 4) is 6.07 Å². The molecule has 1 N–H and O–H groups in total. The van der Waals surface area contributed by atoms with Crippen molar-refractivity contribution in [2.24, 2.45) is 0 Å². The van der Waals surface area contributed by atoms with Crippen molar-refractivity contribution in [3.05, 3.63) is 58.4 Å². The lowest BCUT2D eigenvalue weighted by atomic mass is 10.1. The number of pyridine rings is 1. The van der Waals surface area contributed by atoms with Gasteiger partial charge in [0.05, 0.1) is 11.6 Å². The lowest BCUT2D eigenvalue weighted by molar-refractivity contribution is 0.102. The van der Waals surface area contributed by atoms with E-state index in [1.807, 2.05) is 13.0 Å². The highest BCUT2D eigenvalue weighted by atomic mass is 35.5. The Kier molecular flexibility index (Phi) is 3.79. The first-order valence-corrected chi connectivity index (χ1v) is 5.92. The molecule has 1 amide bonds. The molecule has 1 aromatic carbocycles. The van der Waals surface area contributed by atoms with Gasteiger partial charge in [0.1, 0.15) is 10.8 Å². The Morgan fingerprint density at radius 1 is 1.37 bits per heavy atom. The number of hydrogen-bond acceptors (Lipinski definition) is 3. The topological polar surface area (TPSA) is 65.8 Å². The zero-order valence-corrected chi connectivity index (χ0v) is 10.9. The van der Waals surface area contributed by atoms with E-state index in [4.69, 9.17) is 16.9 Å². The van der Waals surface area contributed by atoms with Gasteiger partial charge in [0.15, 0.2) is 0 Å². The van der Waals surface area contributed by atoms with Gasteiger partial charge in [-0.15, -0.1) is 0 Å². The molecule has 1 aromatic heterocycles. The first-order chi connectivity index (χ1) is 9.10. The van der Waals surface area contributed by atoms with Crippen molar-refractivity contribution in [3.63, 3.8) is 0 Å². The van der Waals surface area contributed by atoms with Crippen LogP contribution in [0.5, 0.6) is 0 Å². The standard InChI is InChI=1S/C14H10ClN3O/c1-9-5-6-10(8-16)7-12(9)18-14(19)11-3-2-4-13(15)17-11/h2-7H,1H3,(H,18,19). The van der Waals surface area contributed by atoms with Gasteiger partial charge in [0.2, 0.25) is 0 Å². The van der Waals surface area contributed by atoms with Crippen molar-refractivity contribution in [1.29, 1.82) is 5.26 Å². The Bertz CT molecular complexity index is 677. The summed E-state index contributed by atoms with van der Waals surface area (Å²) in [5.74, 6) is -0.360. The maximum absolute atomic E-state index is 12.0. The van der Waals surface area contributed by atoms with Gasteiger partial charge < -0.3 is 5.32 Å². The molecule has 19 heavy (non-hydrogen) atoms. The van der Waals surface area contributed by atoms with Gasteiger partial charge in [0, 0.05) is 5.69 Å². The quantitative estimate of drug-likeness (QED) is 0.853. The Labute approximate surface area is 115 Å². The SMILES string of the molecule is Cc1ccc(C#N)cc1NC(=O)c1cccc(Cl)n1. The fourth-order valence-corrected chi connectivity index (χ4v) is 1.71. The van der Waals surface area contributed by atoms with Gasteiger partial charge in [-0.3, -0.25) is 4.79 Å². The molecule has 94 valence electrons. The van der Waals surface area contributed by atoms with E-state index < -0.39 is 0 Å². The van der Waals surface area contributed by atoms with E-state index in [0.717, 1.165) is 5.56 Å². The summed E-state index contributed by atoms with van der Waals surface area (Å²) in [6.45, 7) is 1.85. The van der Waals surface area contributed by atoms with E-state index >= 15 is 0 Å². The van der Waals surface area contributed by atoms with Crippen LogP contribution in [0, 0.1) is 18.3 Å². The second-order valence-corrected chi connectivity index (χ2v) is 4.33. The number of hydrogen-bond donors (Lipinski definition) is 1. The molecule has 0 unspecified atom stereocenters. The largest absolute Gasteiger partial charge is 0.320 e. The average molecular weight is 272 g/mol. The molecule has 0 aliphatic carbocycles. The van der Waals surface area contributed by atoms with E-state index in [1.165, 1.54) is 0 Å². The summed E-state index contributed by atoms with van der Waals surface area (Å²) in [7, 11) is 0. The summed E-state index contributed by atoms with van der Waals surface area (Å²) >= 11 is 5.74. The normalized spacial score (nSPS) is 9.74. The van der Waals surface area contributed by atoms with E-state index in [9.17, 15) is 4.79 Å². The molecule has 0 bridgehead atoms. The van der Waals surface area contributed by atoms with Gasteiger partial charge >= 0.3 is 0 Å². The van der Waals surface area contributed by atoms with Crippen LogP contribution >= 0.6 is 11.6 Å². The monoisotopic (exact) mass is 271 g/mol. The third kappa shape index (κ3) is 3.09. The molecule has 1 heterocycles. The smallest absolute Gasteiger partial charge is 0.274 e. The molecule has 2 aromatic rings. The highest BCUT2D eigenvalue weighted by Crippen LogP contribution is 2.17. The highest BCUT2D eigenvalue weighted by molar-refractivity contribution is 6.29. The number of benzene rings is 1. The Balaban J connectivity index is 2.27. The van der Waals surface area contributed by atoms with Gasteiger partial charge in [-0.1, -0.05) is 23.7 Å². The van der Waals surface area contributed by atoms with E-state index in [0.29, 0.717) is 11.3 Å². The summed E-state index contributed by atoms with van der Waals surface area (Å²) in [6, 6.07) is 12.0. The van der Waals surface area contributed by atoms with Gasteiger partial charge in [-0.25, -0.2) is 4.98 Å². The molecule has 0 atom stereocenters. The van der Waals surface area contributed by atoms with Crippen LogP contribution in [0.15, 0.2) is 36.4 Å². The summed E-state index contributed by atoms with van der Waals surface area (Å²) in [6.07, 6.45) is 0. The maximum atomic E-state index is 12.0. The molecule has 0 saturated heterocycles. The second kappa shape index (κ2) is 5.51. The summed E-state index contributed by atoms with van der Waals surface area (Å²) < 4.78 is 0. The molecular formula is C14H10ClN3O. The van der Waals surface area contributed by atoms with Crippen molar-refractivity contribution in [2.45, 2.75) is 6.92 Å². The minimum Gasteiger partial charge on any atom is -0.320 e. The number of aromatic nitrogens is 1.